The van der Waals surface area contributed by atoms with Crippen molar-refractivity contribution in [2.24, 2.45) is 0 Å². The largest absolute Gasteiger partial charge is 0.355 e. The molecule has 2 heterocycles. The molecule has 1 aromatic heterocycles. The van der Waals surface area contributed by atoms with E-state index in [1.54, 1.807) is 11.9 Å². The fourth-order valence-electron chi connectivity index (χ4n) is 2.45. The van der Waals surface area contributed by atoms with Crippen LogP contribution in [0.5, 0.6) is 0 Å². The molecule has 1 aliphatic heterocycles. The van der Waals surface area contributed by atoms with Gasteiger partial charge >= 0.3 is 0 Å². The molecule has 1 aliphatic rings. The summed E-state index contributed by atoms with van der Waals surface area (Å²) in [6.45, 7) is 4.55. The zero-order valence-electron chi connectivity index (χ0n) is 13.8. The standard InChI is InChI=1S/C14H24N4O4S/c1-10(2)14-16-12(17-22-14)4-6-15-13(19)8-18(3)11-5-7-23(20,21)9-11/h10-11H,4-9H2,1-3H3,(H,15,19)/t11-/m0/s1. The lowest BCUT2D eigenvalue weighted by atomic mass is 10.2. The lowest BCUT2D eigenvalue weighted by molar-refractivity contribution is -0.122. The molecular weight excluding hydrogens is 320 g/mol. The number of nitrogens with one attached hydrogen (secondary N) is 1. The maximum Gasteiger partial charge on any atom is 0.234 e. The Bertz CT molecular complexity index is 641. The van der Waals surface area contributed by atoms with Gasteiger partial charge in [0.05, 0.1) is 18.1 Å². The molecule has 0 aliphatic carbocycles. The average Bonchev–Trinajstić information content (AvgIpc) is 3.05. The Morgan fingerprint density at radius 3 is 2.78 bits per heavy atom. The molecular formula is C14H24N4O4S. The highest BCUT2D eigenvalue weighted by molar-refractivity contribution is 7.91. The Labute approximate surface area is 136 Å². The summed E-state index contributed by atoms with van der Waals surface area (Å²) in [5.41, 5.74) is 0. The average molecular weight is 344 g/mol. The van der Waals surface area contributed by atoms with Gasteiger partial charge in [0.2, 0.25) is 11.8 Å². The van der Waals surface area contributed by atoms with E-state index in [0.29, 0.717) is 31.1 Å². The summed E-state index contributed by atoms with van der Waals surface area (Å²) < 4.78 is 28.0. The summed E-state index contributed by atoms with van der Waals surface area (Å²) in [5, 5.41) is 6.65. The minimum absolute atomic E-state index is 0.0726. The Morgan fingerprint density at radius 1 is 1.48 bits per heavy atom. The molecule has 1 saturated heterocycles. The number of sulfone groups is 1. The van der Waals surface area contributed by atoms with Crippen LogP contribution in [0.3, 0.4) is 0 Å². The van der Waals surface area contributed by atoms with Gasteiger partial charge in [-0.2, -0.15) is 4.98 Å². The molecule has 8 nitrogen and oxygen atoms in total. The molecule has 1 N–H and O–H groups in total. The van der Waals surface area contributed by atoms with Gasteiger partial charge in [-0.15, -0.1) is 0 Å². The number of nitrogens with zero attached hydrogens (tertiary/aromatic N) is 3. The minimum atomic E-state index is -2.93. The monoisotopic (exact) mass is 344 g/mol. The summed E-state index contributed by atoms with van der Waals surface area (Å²) in [6, 6.07) is -0.0726. The molecule has 9 heteroatoms. The minimum Gasteiger partial charge on any atom is -0.355 e. The van der Waals surface area contributed by atoms with Gasteiger partial charge in [0.15, 0.2) is 15.7 Å². The summed E-state index contributed by atoms with van der Waals surface area (Å²) in [5.74, 6) is 1.56. The van der Waals surface area contributed by atoms with Crippen molar-refractivity contribution in [2.45, 2.75) is 38.6 Å². The van der Waals surface area contributed by atoms with E-state index in [9.17, 15) is 13.2 Å². The van der Waals surface area contributed by atoms with Crippen LogP contribution in [0.1, 0.15) is 37.9 Å². The lowest BCUT2D eigenvalue weighted by Gasteiger charge is -2.22. The normalized spacial score (nSPS) is 20.3. The Morgan fingerprint density at radius 2 is 2.22 bits per heavy atom. The highest BCUT2D eigenvalue weighted by atomic mass is 32.2. The van der Waals surface area contributed by atoms with E-state index in [-0.39, 0.29) is 35.9 Å². The zero-order chi connectivity index (χ0) is 17.0. The van der Waals surface area contributed by atoms with Crippen molar-refractivity contribution < 1.29 is 17.7 Å². The van der Waals surface area contributed by atoms with Crippen LogP contribution in [0.25, 0.3) is 0 Å². The highest BCUT2D eigenvalue weighted by Crippen LogP contribution is 2.16. The van der Waals surface area contributed by atoms with Crippen LogP contribution >= 0.6 is 0 Å². The van der Waals surface area contributed by atoms with Crippen LogP contribution in [0.15, 0.2) is 4.52 Å². The summed E-state index contributed by atoms with van der Waals surface area (Å²) in [6.07, 6.45) is 1.09. The second-order valence-electron chi connectivity index (χ2n) is 6.28. The number of amides is 1. The predicted octanol–water partition coefficient (Wildman–Crippen LogP) is -0.0294. The quantitative estimate of drug-likeness (QED) is 0.740. The van der Waals surface area contributed by atoms with Crippen LogP contribution in [0.4, 0.5) is 0 Å². The van der Waals surface area contributed by atoms with Crippen molar-refractivity contribution in [3.05, 3.63) is 11.7 Å². The number of hydrogen-bond donors (Lipinski definition) is 1. The maximum absolute atomic E-state index is 11.9. The first kappa shape index (κ1) is 17.9. The molecule has 0 unspecified atom stereocenters. The summed E-state index contributed by atoms with van der Waals surface area (Å²) in [7, 11) is -1.16. The van der Waals surface area contributed by atoms with E-state index in [1.807, 2.05) is 13.8 Å². The van der Waals surface area contributed by atoms with Gasteiger partial charge in [0.25, 0.3) is 0 Å². The number of carbonyl (C=O) groups is 1. The van der Waals surface area contributed by atoms with Gasteiger partial charge in [-0.25, -0.2) is 8.42 Å². The topological polar surface area (TPSA) is 105 Å². The van der Waals surface area contributed by atoms with Crippen molar-refractivity contribution in [3.8, 4) is 0 Å². The predicted molar refractivity (Wildman–Crippen MR) is 84.8 cm³/mol. The third-order valence-electron chi connectivity index (χ3n) is 3.87. The van der Waals surface area contributed by atoms with Crippen molar-refractivity contribution >= 4 is 15.7 Å². The van der Waals surface area contributed by atoms with Gasteiger partial charge < -0.3 is 9.84 Å². The second kappa shape index (κ2) is 7.39. The third-order valence-corrected chi connectivity index (χ3v) is 5.62. The first-order chi connectivity index (χ1) is 10.8. The smallest absolute Gasteiger partial charge is 0.234 e. The van der Waals surface area contributed by atoms with Crippen molar-refractivity contribution in [2.75, 3.05) is 31.6 Å². The second-order valence-corrected chi connectivity index (χ2v) is 8.50. The molecule has 130 valence electrons. The van der Waals surface area contributed by atoms with Crippen molar-refractivity contribution in [1.82, 2.24) is 20.4 Å². The maximum atomic E-state index is 11.9. The molecule has 1 atom stereocenters. The van der Waals surface area contributed by atoms with Gasteiger partial charge in [-0.05, 0) is 13.5 Å². The number of aromatic nitrogens is 2. The van der Waals surface area contributed by atoms with Gasteiger partial charge in [-0.3, -0.25) is 9.69 Å². The molecule has 2 rings (SSSR count). The molecule has 0 bridgehead atoms. The van der Waals surface area contributed by atoms with Crippen LogP contribution in [-0.2, 0) is 21.1 Å². The van der Waals surface area contributed by atoms with Gasteiger partial charge in [0.1, 0.15) is 0 Å². The van der Waals surface area contributed by atoms with E-state index >= 15 is 0 Å². The first-order valence-electron chi connectivity index (χ1n) is 7.76. The SMILES string of the molecule is CC(C)c1nc(CCNC(=O)CN(C)[C@H]2CCS(=O)(=O)C2)no1. The molecule has 0 spiro atoms. The number of rotatable bonds is 7. The number of hydrogen-bond acceptors (Lipinski definition) is 7. The summed E-state index contributed by atoms with van der Waals surface area (Å²) >= 11 is 0. The van der Waals surface area contributed by atoms with E-state index in [4.69, 9.17) is 4.52 Å². The first-order valence-corrected chi connectivity index (χ1v) is 9.59. The number of likely N-dealkylation sites (N-methyl/N-ethyl adjacent to an activating group) is 1. The van der Waals surface area contributed by atoms with E-state index in [1.165, 1.54) is 0 Å². The molecule has 1 aromatic rings. The highest BCUT2D eigenvalue weighted by Gasteiger charge is 2.31. The van der Waals surface area contributed by atoms with E-state index in [2.05, 4.69) is 15.5 Å². The zero-order valence-corrected chi connectivity index (χ0v) is 14.6. The van der Waals surface area contributed by atoms with E-state index in [0.717, 1.165) is 0 Å². The van der Waals surface area contributed by atoms with Crippen LogP contribution in [-0.4, -0.2) is 67.1 Å². The lowest BCUT2D eigenvalue weighted by Crippen LogP contribution is -2.41. The van der Waals surface area contributed by atoms with Gasteiger partial charge in [0, 0.05) is 24.9 Å². The van der Waals surface area contributed by atoms with Crippen LogP contribution in [0.2, 0.25) is 0 Å². The fraction of sp³-hybridized carbons (Fsp3) is 0.786. The Balaban J connectivity index is 1.70. The molecule has 1 amide bonds. The molecule has 1 fully saturated rings. The summed E-state index contributed by atoms with van der Waals surface area (Å²) in [4.78, 5) is 17.9. The fourth-order valence-corrected chi connectivity index (χ4v) is 4.26. The van der Waals surface area contributed by atoms with Crippen molar-refractivity contribution in [3.63, 3.8) is 0 Å². The number of carbonyl (C=O) groups excluding carboxylic acids is 1. The Kier molecular flexibility index (Phi) is 5.74. The third kappa shape index (κ3) is 5.28. The Hall–Kier alpha value is -1.48. The van der Waals surface area contributed by atoms with Crippen LogP contribution in [0, 0.1) is 0 Å². The molecule has 0 aromatic carbocycles. The molecule has 0 radical (unpaired) electrons. The van der Waals surface area contributed by atoms with Crippen LogP contribution < -0.4 is 5.32 Å². The molecule has 0 saturated carbocycles. The van der Waals surface area contributed by atoms with Gasteiger partial charge in [-0.1, -0.05) is 19.0 Å². The van der Waals surface area contributed by atoms with E-state index < -0.39 is 9.84 Å². The molecule has 23 heavy (non-hydrogen) atoms. The van der Waals surface area contributed by atoms with Crippen molar-refractivity contribution in [1.29, 1.82) is 0 Å².